The van der Waals surface area contributed by atoms with Crippen molar-refractivity contribution in [2.24, 2.45) is 0 Å². The van der Waals surface area contributed by atoms with Gasteiger partial charge in [-0.15, -0.1) is 0 Å². The number of amides is 2. The molecular formula is C24H31N3O4. The van der Waals surface area contributed by atoms with E-state index in [1.807, 2.05) is 24.3 Å². The number of ether oxygens (including phenoxy) is 1. The third-order valence-corrected chi connectivity index (χ3v) is 6.47. The van der Waals surface area contributed by atoms with Crippen LogP contribution in [0.4, 0.5) is 0 Å². The van der Waals surface area contributed by atoms with Crippen molar-refractivity contribution in [1.82, 2.24) is 14.7 Å². The summed E-state index contributed by atoms with van der Waals surface area (Å²) in [5.74, 6) is 6.25. The number of rotatable bonds is 5. The summed E-state index contributed by atoms with van der Waals surface area (Å²) >= 11 is 0. The average Bonchev–Trinajstić information content (AvgIpc) is 2.77. The molecule has 0 aromatic heterocycles. The van der Waals surface area contributed by atoms with Gasteiger partial charge < -0.3 is 19.6 Å². The van der Waals surface area contributed by atoms with Crippen molar-refractivity contribution < 1.29 is 19.4 Å². The molecule has 166 valence electrons. The lowest BCUT2D eigenvalue weighted by Crippen LogP contribution is -2.73. The highest BCUT2D eigenvalue weighted by Crippen LogP contribution is 2.42. The Hall–Kier alpha value is -2.40. The summed E-state index contributed by atoms with van der Waals surface area (Å²) in [6.07, 6.45) is 1.92. The number of aliphatic hydroxyl groups is 1. The molecule has 3 saturated heterocycles. The Morgan fingerprint density at radius 3 is 2.65 bits per heavy atom. The molecule has 3 aliphatic heterocycles. The summed E-state index contributed by atoms with van der Waals surface area (Å²) < 4.78 is 5.35. The van der Waals surface area contributed by atoms with E-state index < -0.39 is 0 Å². The first-order chi connectivity index (χ1) is 15.1. The molecule has 7 nitrogen and oxygen atoms in total. The van der Waals surface area contributed by atoms with Crippen molar-refractivity contribution in [1.29, 1.82) is 0 Å². The molecule has 3 aliphatic rings. The van der Waals surface area contributed by atoms with Gasteiger partial charge in [0.25, 0.3) is 0 Å². The second-order valence-corrected chi connectivity index (χ2v) is 8.48. The number of aliphatic hydroxyl groups excluding tert-OH is 1. The van der Waals surface area contributed by atoms with Crippen molar-refractivity contribution in [3.05, 3.63) is 35.4 Å². The van der Waals surface area contributed by atoms with Crippen LogP contribution in [0.2, 0.25) is 0 Å². The molecule has 3 fully saturated rings. The molecule has 2 amide bonds. The predicted octanol–water partition coefficient (Wildman–Crippen LogP) is 0.668. The molecule has 7 heteroatoms. The summed E-state index contributed by atoms with van der Waals surface area (Å²) in [6, 6.07) is 7.76. The van der Waals surface area contributed by atoms with E-state index in [1.54, 1.807) is 9.80 Å². The maximum Gasteiger partial charge on any atom is 0.242 e. The highest BCUT2D eigenvalue weighted by molar-refractivity contribution is 5.88. The highest BCUT2D eigenvalue weighted by Gasteiger charge is 2.54. The van der Waals surface area contributed by atoms with E-state index in [2.05, 4.69) is 23.7 Å². The number of piperazine rings is 1. The Bertz CT molecular complexity index is 854. The monoisotopic (exact) mass is 425 g/mol. The second kappa shape index (κ2) is 9.82. The number of hydrogen-bond acceptors (Lipinski definition) is 5. The van der Waals surface area contributed by atoms with Crippen LogP contribution in [0.25, 0.3) is 0 Å². The van der Waals surface area contributed by atoms with Gasteiger partial charge in [0, 0.05) is 37.5 Å². The molecule has 3 heterocycles. The first kappa shape index (κ1) is 21.8. The number of benzene rings is 1. The first-order valence-electron chi connectivity index (χ1n) is 11.2. The number of unbranched alkanes of at least 4 members (excludes halogenated alkanes) is 1. The molecule has 0 aliphatic carbocycles. The van der Waals surface area contributed by atoms with E-state index in [0.29, 0.717) is 26.3 Å². The van der Waals surface area contributed by atoms with E-state index >= 15 is 0 Å². The third kappa shape index (κ3) is 4.62. The van der Waals surface area contributed by atoms with Crippen LogP contribution in [0.5, 0.6) is 0 Å². The Balaban J connectivity index is 1.45. The molecular weight excluding hydrogens is 394 g/mol. The minimum atomic E-state index is -0.231. The van der Waals surface area contributed by atoms with Gasteiger partial charge in [0.2, 0.25) is 11.8 Å². The van der Waals surface area contributed by atoms with Gasteiger partial charge in [-0.25, -0.2) is 0 Å². The minimum Gasteiger partial charge on any atom is -0.394 e. The third-order valence-electron chi connectivity index (χ3n) is 6.47. The van der Waals surface area contributed by atoms with Gasteiger partial charge in [-0.1, -0.05) is 30.9 Å². The van der Waals surface area contributed by atoms with Crippen molar-refractivity contribution in [2.75, 3.05) is 52.5 Å². The molecule has 0 unspecified atom stereocenters. The fourth-order valence-electron chi connectivity index (χ4n) is 4.82. The van der Waals surface area contributed by atoms with Gasteiger partial charge >= 0.3 is 0 Å². The number of fused-ring (bicyclic) bond motifs is 1. The standard InChI is InChI=1S/C24H31N3O4/c1-2-3-4-5-18-6-8-19(9-7-18)24-20-14-26(16-23(30)27(20)21(24)17-28)22(29)15-25-10-12-31-13-11-25/h6-9,20-21,24,28H,2-3,10-17H2,1H3/t20-,21-,24-/m0/s1. The largest absolute Gasteiger partial charge is 0.394 e. The summed E-state index contributed by atoms with van der Waals surface area (Å²) in [5, 5.41) is 9.95. The summed E-state index contributed by atoms with van der Waals surface area (Å²) in [7, 11) is 0. The van der Waals surface area contributed by atoms with Crippen LogP contribution in [0.3, 0.4) is 0 Å². The molecule has 1 aromatic rings. The topological polar surface area (TPSA) is 73.3 Å². The normalized spacial score (nSPS) is 26.0. The zero-order valence-electron chi connectivity index (χ0n) is 18.1. The molecule has 0 saturated carbocycles. The van der Waals surface area contributed by atoms with Crippen molar-refractivity contribution in [2.45, 2.75) is 37.8 Å². The molecule has 1 aromatic carbocycles. The minimum absolute atomic E-state index is 0.0114. The zero-order valence-corrected chi connectivity index (χ0v) is 18.1. The van der Waals surface area contributed by atoms with E-state index in [-0.39, 0.29) is 43.0 Å². The Labute approximate surface area is 183 Å². The Morgan fingerprint density at radius 1 is 1.23 bits per heavy atom. The van der Waals surface area contributed by atoms with Crippen molar-refractivity contribution in [3.63, 3.8) is 0 Å². The predicted molar refractivity (Wildman–Crippen MR) is 116 cm³/mol. The maximum absolute atomic E-state index is 12.9. The van der Waals surface area contributed by atoms with Crippen LogP contribution in [-0.2, 0) is 14.3 Å². The Morgan fingerprint density at radius 2 is 1.97 bits per heavy atom. The molecule has 0 bridgehead atoms. The lowest BCUT2D eigenvalue weighted by atomic mass is 9.73. The number of carbonyl (C=O) groups excluding carboxylic acids is 2. The molecule has 0 radical (unpaired) electrons. The lowest BCUT2D eigenvalue weighted by Gasteiger charge is -2.58. The average molecular weight is 426 g/mol. The van der Waals surface area contributed by atoms with Gasteiger partial charge in [0.15, 0.2) is 0 Å². The van der Waals surface area contributed by atoms with Crippen LogP contribution in [0.1, 0.15) is 36.8 Å². The second-order valence-electron chi connectivity index (χ2n) is 8.48. The smallest absolute Gasteiger partial charge is 0.242 e. The quantitative estimate of drug-likeness (QED) is 0.702. The van der Waals surface area contributed by atoms with Crippen LogP contribution < -0.4 is 0 Å². The van der Waals surface area contributed by atoms with Crippen LogP contribution in [-0.4, -0.2) is 96.2 Å². The van der Waals surface area contributed by atoms with Gasteiger partial charge in [-0.2, -0.15) is 0 Å². The van der Waals surface area contributed by atoms with Crippen molar-refractivity contribution >= 4 is 11.8 Å². The van der Waals surface area contributed by atoms with E-state index in [9.17, 15) is 14.7 Å². The highest BCUT2D eigenvalue weighted by atomic mass is 16.5. The lowest BCUT2D eigenvalue weighted by molar-refractivity contribution is -0.167. The maximum atomic E-state index is 12.9. The number of morpholine rings is 1. The van der Waals surface area contributed by atoms with Gasteiger partial charge in [0.05, 0.1) is 45.0 Å². The zero-order chi connectivity index (χ0) is 21.8. The van der Waals surface area contributed by atoms with Crippen molar-refractivity contribution in [3.8, 4) is 11.8 Å². The summed E-state index contributed by atoms with van der Waals surface area (Å²) in [6.45, 7) is 5.72. The van der Waals surface area contributed by atoms with Gasteiger partial charge in [-0.05, 0) is 24.1 Å². The fourth-order valence-corrected chi connectivity index (χ4v) is 4.82. The van der Waals surface area contributed by atoms with E-state index in [1.165, 1.54) is 0 Å². The van der Waals surface area contributed by atoms with E-state index in [4.69, 9.17) is 4.74 Å². The summed E-state index contributed by atoms with van der Waals surface area (Å²) in [5.41, 5.74) is 2.05. The SMILES string of the molecule is CCCC#Cc1ccc([C@@H]2[C@H](CO)N3C(=O)CN(C(=O)CN4CCOCC4)C[C@@H]23)cc1. The number of nitrogens with zero attached hydrogens (tertiary/aromatic N) is 3. The molecule has 31 heavy (non-hydrogen) atoms. The molecule has 0 spiro atoms. The summed E-state index contributed by atoms with van der Waals surface area (Å²) in [4.78, 5) is 31.2. The van der Waals surface area contributed by atoms with Gasteiger partial charge in [0.1, 0.15) is 0 Å². The first-order valence-corrected chi connectivity index (χ1v) is 11.2. The molecule has 3 atom stereocenters. The van der Waals surface area contributed by atoms with Gasteiger partial charge in [-0.3, -0.25) is 14.5 Å². The Kier molecular flexibility index (Phi) is 6.91. The van der Waals surface area contributed by atoms with Crippen LogP contribution in [0.15, 0.2) is 24.3 Å². The van der Waals surface area contributed by atoms with Crippen LogP contribution >= 0.6 is 0 Å². The molecule has 4 rings (SSSR count). The van der Waals surface area contributed by atoms with Crippen LogP contribution in [0, 0.1) is 11.8 Å². The number of carbonyl (C=O) groups is 2. The fraction of sp³-hybridized carbons (Fsp3) is 0.583. The van der Waals surface area contributed by atoms with E-state index in [0.717, 1.165) is 37.1 Å². The molecule has 1 N–H and O–H groups in total. The number of hydrogen-bond donors (Lipinski definition) is 1.